The fraction of sp³-hybridized carbons (Fsp3) is 0.323. The zero-order valence-corrected chi connectivity index (χ0v) is 45.3. The molecule has 2 unspecified atom stereocenters. The summed E-state index contributed by atoms with van der Waals surface area (Å²) in [6.07, 6.45) is 0.772. The van der Waals surface area contributed by atoms with E-state index in [-0.39, 0.29) is 59.3 Å². The number of hydrogen-bond donors (Lipinski definition) is 0. The van der Waals surface area contributed by atoms with Crippen molar-refractivity contribution < 1.29 is 85.6 Å². The molecular weight excluding hydrogens is 1030 g/mol. The third kappa shape index (κ3) is 20.1. The summed E-state index contributed by atoms with van der Waals surface area (Å²) in [5.41, 5.74) is 5.20. The second-order valence-electron chi connectivity index (χ2n) is 17.7. The van der Waals surface area contributed by atoms with Gasteiger partial charge in [0.25, 0.3) is 0 Å². The number of carbonyl (C=O) groups is 6. The summed E-state index contributed by atoms with van der Waals surface area (Å²) in [7, 11) is 2.67. The number of benzene rings is 6. The molecule has 6 aromatic carbocycles. The lowest BCUT2D eigenvalue weighted by Gasteiger charge is -2.18. The zero-order valence-electron chi connectivity index (χ0n) is 45.3. The van der Waals surface area contributed by atoms with Crippen molar-refractivity contribution in [1.82, 2.24) is 0 Å². The topological polar surface area (TPSA) is 213 Å². The Morgan fingerprint density at radius 1 is 0.350 bits per heavy atom. The van der Waals surface area contributed by atoms with Gasteiger partial charge in [0.05, 0.1) is 101 Å². The first-order chi connectivity index (χ1) is 38.9. The summed E-state index contributed by atoms with van der Waals surface area (Å²) in [5.74, 6) is -1.79. The fourth-order valence-corrected chi connectivity index (χ4v) is 7.67. The van der Waals surface area contributed by atoms with Gasteiger partial charge >= 0.3 is 35.8 Å². The third-order valence-electron chi connectivity index (χ3n) is 12.1. The standard InChI is InChI=1S/C62H66O18/c1-5-44(60(66)78-41-37-74-33-31-72-35-39-76-54-24-20-52(21-25-54)62(68)80-56-28-16-48(17-29-56)46-8-12-50(13-9-46)59(65)70-4)42-43(2)57(63)77-40-36-73-32-30-71-34-38-75-53-22-18-51(19-23-53)61(67)79-55-26-14-47(15-27-55)45-6-10-49(11-7-45)58(64)69-3/h6-29,43-44H,5,30-42H2,1-4H3. The van der Waals surface area contributed by atoms with E-state index in [0.29, 0.717) is 78.1 Å². The van der Waals surface area contributed by atoms with Gasteiger partial charge in [-0.15, -0.1) is 0 Å². The van der Waals surface area contributed by atoms with Crippen molar-refractivity contribution in [2.45, 2.75) is 26.7 Å². The van der Waals surface area contributed by atoms with Crippen LogP contribution in [0.2, 0.25) is 0 Å². The molecule has 0 aliphatic carbocycles. The van der Waals surface area contributed by atoms with Crippen LogP contribution in [0.3, 0.4) is 0 Å². The maximum absolute atomic E-state index is 12.7. The molecule has 6 rings (SSSR count). The Labute approximate surface area is 465 Å². The number of methoxy groups -OCH3 is 2. The summed E-state index contributed by atoms with van der Waals surface area (Å²) in [4.78, 5) is 74.2. The Bertz CT molecular complexity index is 2870. The molecule has 0 amide bonds. The first kappa shape index (κ1) is 60.8. The second-order valence-corrected chi connectivity index (χ2v) is 17.7. The van der Waals surface area contributed by atoms with Gasteiger partial charge in [-0.25, -0.2) is 19.2 Å². The number of esters is 6. The van der Waals surface area contributed by atoms with E-state index in [1.165, 1.54) is 14.2 Å². The number of carbonyl (C=O) groups excluding carboxylic acids is 6. The molecule has 6 aromatic rings. The van der Waals surface area contributed by atoms with E-state index in [4.69, 9.17) is 56.8 Å². The molecule has 0 fully saturated rings. The summed E-state index contributed by atoms with van der Waals surface area (Å²) >= 11 is 0. The van der Waals surface area contributed by atoms with Crippen LogP contribution in [0.4, 0.5) is 0 Å². The van der Waals surface area contributed by atoms with E-state index < -0.39 is 47.7 Å². The minimum atomic E-state index is -0.525. The molecule has 2 atom stereocenters. The van der Waals surface area contributed by atoms with Crippen molar-refractivity contribution in [3.8, 4) is 45.3 Å². The molecule has 422 valence electrons. The molecule has 0 heterocycles. The van der Waals surface area contributed by atoms with Crippen molar-refractivity contribution in [3.05, 3.63) is 168 Å². The van der Waals surface area contributed by atoms with Crippen LogP contribution < -0.4 is 18.9 Å². The van der Waals surface area contributed by atoms with Gasteiger partial charge in [-0.05, 0) is 132 Å². The lowest BCUT2D eigenvalue weighted by Crippen LogP contribution is -2.26. The highest BCUT2D eigenvalue weighted by molar-refractivity contribution is 5.93. The Balaban J connectivity index is 0.719. The molecule has 80 heavy (non-hydrogen) atoms. The summed E-state index contributed by atoms with van der Waals surface area (Å²) in [5, 5.41) is 0. The van der Waals surface area contributed by atoms with Crippen LogP contribution in [0.15, 0.2) is 146 Å². The largest absolute Gasteiger partial charge is 0.491 e. The predicted octanol–water partition coefficient (Wildman–Crippen LogP) is 9.70. The summed E-state index contributed by atoms with van der Waals surface area (Å²) in [6, 6.07) is 41.3. The minimum Gasteiger partial charge on any atom is -0.491 e. The molecule has 18 nitrogen and oxygen atoms in total. The Morgan fingerprint density at radius 3 is 0.988 bits per heavy atom. The van der Waals surface area contributed by atoms with Crippen molar-refractivity contribution in [3.63, 3.8) is 0 Å². The molecule has 0 N–H and O–H groups in total. The van der Waals surface area contributed by atoms with Gasteiger partial charge in [0, 0.05) is 0 Å². The van der Waals surface area contributed by atoms with Gasteiger partial charge in [-0.3, -0.25) is 9.59 Å². The highest BCUT2D eigenvalue weighted by Gasteiger charge is 2.25. The smallest absolute Gasteiger partial charge is 0.343 e. The van der Waals surface area contributed by atoms with Crippen LogP contribution in [-0.4, -0.2) is 129 Å². The van der Waals surface area contributed by atoms with Crippen LogP contribution in [-0.2, 0) is 47.5 Å². The molecule has 0 aliphatic heterocycles. The third-order valence-corrected chi connectivity index (χ3v) is 12.1. The molecule has 0 aliphatic rings. The lowest BCUT2D eigenvalue weighted by atomic mass is 9.94. The van der Waals surface area contributed by atoms with Crippen molar-refractivity contribution >= 4 is 35.8 Å². The van der Waals surface area contributed by atoms with Gasteiger partial charge in [-0.2, -0.15) is 0 Å². The second kappa shape index (κ2) is 33.1. The maximum Gasteiger partial charge on any atom is 0.343 e. The van der Waals surface area contributed by atoms with Crippen LogP contribution in [0.1, 0.15) is 68.1 Å². The van der Waals surface area contributed by atoms with Crippen LogP contribution >= 0.6 is 0 Å². The maximum atomic E-state index is 12.7. The van der Waals surface area contributed by atoms with Gasteiger partial charge in [-0.1, -0.05) is 62.4 Å². The molecule has 0 aromatic heterocycles. The molecule has 0 saturated carbocycles. The summed E-state index contributed by atoms with van der Waals surface area (Å²) in [6.45, 7) is 6.38. The zero-order chi connectivity index (χ0) is 56.9. The van der Waals surface area contributed by atoms with E-state index in [1.807, 2.05) is 55.5 Å². The molecule has 0 saturated heterocycles. The average molecular weight is 1100 g/mol. The normalized spacial score (nSPS) is 11.6. The molecule has 18 heteroatoms. The molecule has 0 radical (unpaired) electrons. The number of hydrogen-bond acceptors (Lipinski definition) is 18. The van der Waals surface area contributed by atoms with Crippen molar-refractivity contribution in [1.29, 1.82) is 0 Å². The average Bonchev–Trinajstić information content (AvgIpc) is 3.49. The molecular formula is C62H66O18. The van der Waals surface area contributed by atoms with Crippen molar-refractivity contribution in [2.75, 3.05) is 93.5 Å². The van der Waals surface area contributed by atoms with Gasteiger partial charge in [0.2, 0.25) is 0 Å². The van der Waals surface area contributed by atoms with Crippen LogP contribution in [0.25, 0.3) is 22.3 Å². The minimum absolute atomic E-state index is 0.0560. The van der Waals surface area contributed by atoms with E-state index in [1.54, 1.807) is 104 Å². The number of ether oxygens (including phenoxy) is 12. The Hall–Kier alpha value is -8.42. The van der Waals surface area contributed by atoms with E-state index in [9.17, 15) is 28.8 Å². The van der Waals surface area contributed by atoms with E-state index in [0.717, 1.165) is 22.3 Å². The molecule has 0 bridgehead atoms. The first-order valence-corrected chi connectivity index (χ1v) is 26.1. The van der Waals surface area contributed by atoms with Crippen LogP contribution in [0, 0.1) is 11.8 Å². The molecule has 0 spiro atoms. The highest BCUT2D eigenvalue weighted by Crippen LogP contribution is 2.26. The van der Waals surface area contributed by atoms with E-state index in [2.05, 4.69) is 0 Å². The van der Waals surface area contributed by atoms with Crippen LogP contribution in [0.5, 0.6) is 23.0 Å². The Morgan fingerprint density at radius 2 is 0.637 bits per heavy atom. The highest BCUT2D eigenvalue weighted by atomic mass is 16.6. The lowest BCUT2D eigenvalue weighted by molar-refractivity contribution is -0.154. The number of rotatable bonds is 33. The Kier molecular flexibility index (Phi) is 25.2. The summed E-state index contributed by atoms with van der Waals surface area (Å²) < 4.78 is 64.9. The first-order valence-electron chi connectivity index (χ1n) is 26.1. The van der Waals surface area contributed by atoms with Gasteiger partial charge < -0.3 is 56.8 Å². The van der Waals surface area contributed by atoms with Gasteiger partial charge in [0.1, 0.15) is 49.4 Å². The van der Waals surface area contributed by atoms with Gasteiger partial charge in [0.15, 0.2) is 0 Å². The SMILES string of the molecule is CCC(CC(C)C(=O)OCCOCCOCCOc1ccc(C(=O)Oc2ccc(-c3ccc(C(=O)OC)cc3)cc2)cc1)C(=O)OCCOCCOCCOc1ccc(C(=O)Oc2ccc(-c3ccc(C(=O)OC)cc3)cc2)cc1. The monoisotopic (exact) mass is 1100 g/mol. The van der Waals surface area contributed by atoms with Crippen molar-refractivity contribution in [2.24, 2.45) is 11.8 Å². The quantitative estimate of drug-likeness (QED) is 0.0162. The van der Waals surface area contributed by atoms with E-state index >= 15 is 0 Å². The fourth-order valence-electron chi connectivity index (χ4n) is 7.67. The predicted molar refractivity (Wildman–Crippen MR) is 293 cm³/mol.